The van der Waals surface area contributed by atoms with Crippen molar-refractivity contribution in [1.29, 1.82) is 0 Å². The van der Waals surface area contributed by atoms with Crippen LogP contribution < -0.4 is 15.8 Å². The first-order valence-corrected chi connectivity index (χ1v) is 5.93. The predicted octanol–water partition coefficient (Wildman–Crippen LogP) is 1.53. The van der Waals surface area contributed by atoms with E-state index in [1.54, 1.807) is 7.11 Å². The molecule has 1 saturated heterocycles. The Morgan fingerprint density at radius 3 is 3.00 bits per heavy atom. The minimum atomic E-state index is 0.315. The highest BCUT2D eigenvalue weighted by Gasteiger charge is 2.17. The molecule has 1 atom stereocenters. The molecule has 17 heavy (non-hydrogen) atoms. The Morgan fingerprint density at radius 2 is 2.41 bits per heavy atom. The molecule has 0 bridgehead atoms. The van der Waals surface area contributed by atoms with Gasteiger partial charge in [0.25, 0.3) is 0 Å². The number of nitrogens with one attached hydrogen (secondary N) is 1. The van der Waals surface area contributed by atoms with E-state index in [0.29, 0.717) is 17.6 Å². The summed E-state index contributed by atoms with van der Waals surface area (Å²) in [5, 5.41) is 3.39. The van der Waals surface area contributed by atoms with Crippen molar-refractivity contribution in [2.24, 2.45) is 5.73 Å². The Morgan fingerprint density at radius 1 is 1.59 bits per heavy atom. The highest BCUT2D eigenvalue weighted by molar-refractivity contribution is 7.80. The molecule has 1 aromatic carbocycles. The molecule has 1 heterocycles. The van der Waals surface area contributed by atoms with Gasteiger partial charge in [-0.25, -0.2) is 0 Å². The van der Waals surface area contributed by atoms with Crippen LogP contribution in [0.1, 0.15) is 12.0 Å². The fourth-order valence-electron chi connectivity index (χ4n) is 1.85. The third-order valence-electron chi connectivity index (χ3n) is 2.78. The lowest BCUT2D eigenvalue weighted by Crippen LogP contribution is -2.22. The molecule has 0 amide bonds. The maximum Gasteiger partial charge on any atom is 0.120 e. The van der Waals surface area contributed by atoms with Gasteiger partial charge < -0.3 is 20.5 Å². The van der Waals surface area contributed by atoms with Gasteiger partial charge in [0.15, 0.2) is 0 Å². The van der Waals surface area contributed by atoms with E-state index in [1.165, 1.54) is 0 Å². The summed E-state index contributed by atoms with van der Waals surface area (Å²) in [5.74, 6) is 0.784. The smallest absolute Gasteiger partial charge is 0.120 e. The number of hydrogen-bond donors (Lipinski definition) is 2. The predicted molar refractivity (Wildman–Crippen MR) is 71.7 cm³/mol. The Balaban J connectivity index is 2.24. The van der Waals surface area contributed by atoms with Crippen LogP contribution in [0.3, 0.4) is 0 Å². The summed E-state index contributed by atoms with van der Waals surface area (Å²) in [6, 6.07) is 5.95. The minimum Gasteiger partial charge on any atom is -0.497 e. The van der Waals surface area contributed by atoms with E-state index in [2.05, 4.69) is 5.32 Å². The monoisotopic (exact) mass is 252 g/mol. The molecule has 1 aliphatic rings. The van der Waals surface area contributed by atoms with Gasteiger partial charge in [0, 0.05) is 23.9 Å². The highest BCUT2D eigenvalue weighted by Crippen LogP contribution is 2.24. The minimum absolute atomic E-state index is 0.315. The van der Waals surface area contributed by atoms with Crippen molar-refractivity contribution in [1.82, 2.24) is 0 Å². The SMILES string of the molecule is COc1ccc(C(N)=S)c(NC2CCOC2)c1. The second-order valence-corrected chi connectivity index (χ2v) is 4.42. The van der Waals surface area contributed by atoms with E-state index in [0.717, 1.165) is 30.0 Å². The van der Waals surface area contributed by atoms with Crippen molar-refractivity contribution in [3.05, 3.63) is 23.8 Å². The molecular formula is C12H16N2O2S. The number of methoxy groups -OCH3 is 1. The van der Waals surface area contributed by atoms with Crippen LogP contribution in [-0.2, 0) is 4.74 Å². The van der Waals surface area contributed by atoms with Crippen molar-refractivity contribution in [2.75, 3.05) is 25.6 Å². The summed E-state index contributed by atoms with van der Waals surface area (Å²) in [6.07, 6.45) is 0.994. The van der Waals surface area contributed by atoms with Crippen LogP contribution in [0.4, 0.5) is 5.69 Å². The van der Waals surface area contributed by atoms with Gasteiger partial charge in [-0.15, -0.1) is 0 Å². The first-order chi connectivity index (χ1) is 8.20. The lowest BCUT2D eigenvalue weighted by atomic mass is 10.1. The average Bonchev–Trinajstić information content (AvgIpc) is 2.81. The van der Waals surface area contributed by atoms with E-state index in [9.17, 15) is 0 Å². The van der Waals surface area contributed by atoms with Gasteiger partial charge in [0.2, 0.25) is 0 Å². The number of hydrogen-bond acceptors (Lipinski definition) is 4. The van der Waals surface area contributed by atoms with Crippen molar-refractivity contribution in [2.45, 2.75) is 12.5 Å². The van der Waals surface area contributed by atoms with E-state index >= 15 is 0 Å². The second kappa shape index (κ2) is 5.33. The maximum atomic E-state index is 5.70. The van der Waals surface area contributed by atoms with Gasteiger partial charge in [0.05, 0.1) is 19.8 Å². The Bertz CT molecular complexity index is 417. The largest absolute Gasteiger partial charge is 0.497 e. The molecule has 4 nitrogen and oxygen atoms in total. The Labute approximate surface area is 106 Å². The number of thiocarbonyl (C=S) groups is 1. The van der Waals surface area contributed by atoms with E-state index in [1.807, 2.05) is 18.2 Å². The zero-order valence-corrected chi connectivity index (χ0v) is 10.5. The van der Waals surface area contributed by atoms with Crippen LogP contribution in [-0.4, -0.2) is 31.4 Å². The van der Waals surface area contributed by atoms with Crippen LogP contribution in [0.2, 0.25) is 0 Å². The first kappa shape index (κ1) is 12.1. The summed E-state index contributed by atoms with van der Waals surface area (Å²) in [7, 11) is 1.64. The quantitative estimate of drug-likeness (QED) is 0.796. The molecule has 0 radical (unpaired) electrons. The Kier molecular flexibility index (Phi) is 3.81. The summed E-state index contributed by atoms with van der Waals surface area (Å²) < 4.78 is 10.5. The van der Waals surface area contributed by atoms with Gasteiger partial charge in [-0.05, 0) is 18.6 Å². The maximum absolute atomic E-state index is 5.70. The van der Waals surface area contributed by atoms with Crippen molar-refractivity contribution < 1.29 is 9.47 Å². The number of rotatable bonds is 4. The number of benzene rings is 1. The van der Waals surface area contributed by atoms with Crippen LogP contribution in [0.25, 0.3) is 0 Å². The van der Waals surface area contributed by atoms with Gasteiger partial charge in [-0.1, -0.05) is 12.2 Å². The van der Waals surface area contributed by atoms with E-state index < -0.39 is 0 Å². The summed E-state index contributed by atoms with van der Waals surface area (Å²) in [6.45, 7) is 1.51. The zero-order valence-electron chi connectivity index (χ0n) is 9.73. The molecule has 0 aromatic heterocycles. The topological polar surface area (TPSA) is 56.5 Å². The average molecular weight is 252 g/mol. The molecule has 3 N–H and O–H groups in total. The lowest BCUT2D eigenvalue weighted by Gasteiger charge is -2.16. The van der Waals surface area contributed by atoms with Crippen LogP contribution in [0.15, 0.2) is 18.2 Å². The second-order valence-electron chi connectivity index (χ2n) is 3.98. The standard InChI is InChI=1S/C12H16N2O2S/c1-15-9-2-3-10(12(13)17)11(6-9)14-8-4-5-16-7-8/h2-3,6,8,14H,4-5,7H2,1H3,(H2,13,17). The van der Waals surface area contributed by atoms with E-state index in [4.69, 9.17) is 27.4 Å². The molecular weight excluding hydrogens is 236 g/mol. The Hall–Kier alpha value is -1.33. The zero-order chi connectivity index (χ0) is 12.3. The van der Waals surface area contributed by atoms with Crippen LogP contribution in [0, 0.1) is 0 Å². The number of anilines is 1. The molecule has 2 rings (SSSR count). The molecule has 0 aliphatic carbocycles. The van der Waals surface area contributed by atoms with Gasteiger partial charge in [0.1, 0.15) is 10.7 Å². The molecule has 5 heteroatoms. The summed E-state index contributed by atoms with van der Waals surface area (Å²) in [5.41, 5.74) is 7.45. The lowest BCUT2D eigenvalue weighted by molar-refractivity contribution is 0.195. The van der Waals surface area contributed by atoms with Crippen molar-refractivity contribution >= 4 is 22.9 Å². The van der Waals surface area contributed by atoms with Crippen LogP contribution >= 0.6 is 12.2 Å². The highest BCUT2D eigenvalue weighted by atomic mass is 32.1. The molecule has 1 aromatic rings. The fraction of sp³-hybridized carbons (Fsp3) is 0.417. The number of nitrogens with two attached hydrogens (primary N) is 1. The molecule has 1 fully saturated rings. The number of ether oxygens (including phenoxy) is 2. The normalized spacial score (nSPS) is 19.0. The van der Waals surface area contributed by atoms with Crippen molar-refractivity contribution in [3.8, 4) is 5.75 Å². The van der Waals surface area contributed by atoms with E-state index in [-0.39, 0.29) is 0 Å². The molecule has 0 saturated carbocycles. The third kappa shape index (κ3) is 2.87. The van der Waals surface area contributed by atoms with Gasteiger partial charge in [-0.2, -0.15) is 0 Å². The molecule has 92 valence electrons. The van der Waals surface area contributed by atoms with Gasteiger partial charge >= 0.3 is 0 Å². The van der Waals surface area contributed by atoms with Crippen molar-refractivity contribution in [3.63, 3.8) is 0 Å². The molecule has 0 spiro atoms. The fourth-order valence-corrected chi connectivity index (χ4v) is 2.03. The summed E-state index contributed by atoms with van der Waals surface area (Å²) in [4.78, 5) is 0.383. The van der Waals surface area contributed by atoms with Crippen LogP contribution in [0.5, 0.6) is 5.75 Å². The molecule has 1 unspecified atom stereocenters. The summed E-state index contributed by atoms with van der Waals surface area (Å²) >= 11 is 5.04. The molecule has 1 aliphatic heterocycles. The first-order valence-electron chi connectivity index (χ1n) is 5.53. The van der Waals surface area contributed by atoms with Gasteiger partial charge in [-0.3, -0.25) is 0 Å². The third-order valence-corrected chi connectivity index (χ3v) is 3.00.